The summed E-state index contributed by atoms with van der Waals surface area (Å²) < 4.78 is 29.2. The third-order valence-electron chi connectivity index (χ3n) is 7.09. The van der Waals surface area contributed by atoms with Gasteiger partial charge in [0, 0.05) is 11.5 Å². The number of carbonyl (C=O) groups is 1. The highest BCUT2D eigenvalue weighted by molar-refractivity contribution is 7.92. The van der Waals surface area contributed by atoms with Crippen LogP contribution in [0.25, 0.3) is 11.3 Å². The van der Waals surface area contributed by atoms with E-state index in [0.717, 1.165) is 28.3 Å². The normalized spacial score (nSPS) is 12.6. The van der Waals surface area contributed by atoms with E-state index in [9.17, 15) is 18.3 Å². The van der Waals surface area contributed by atoms with E-state index in [1.165, 1.54) is 23.8 Å². The third-order valence-corrected chi connectivity index (χ3v) is 8.42. The summed E-state index contributed by atoms with van der Waals surface area (Å²) in [5, 5.41) is 9.35. The second-order valence-corrected chi connectivity index (χ2v) is 12.9. The van der Waals surface area contributed by atoms with Gasteiger partial charge < -0.3 is 10.8 Å². The first-order chi connectivity index (χ1) is 19.3. The van der Waals surface area contributed by atoms with Gasteiger partial charge in [0.25, 0.3) is 10.0 Å². The zero-order valence-electron chi connectivity index (χ0n) is 24.0. The van der Waals surface area contributed by atoms with Crippen molar-refractivity contribution in [2.24, 2.45) is 5.73 Å². The van der Waals surface area contributed by atoms with Crippen molar-refractivity contribution in [2.45, 2.75) is 57.3 Å². The second kappa shape index (κ2) is 11.8. The van der Waals surface area contributed by atoms with Crippen molar-refractivity contribution >= 4 is 21.9 Å². The number of aryl methyl sites for hydroxylation is 2. The number of carboxylic acids is 1. The van der Waals surface area contributed by atoms with Gasteiger partial charge in [-0.15, -0.1) is 0 Å². The number of rotatable bonds is 9. The summed E-state index contributed by atoms with van der Waals surface area (Å²) in [7, 11) is -4.19. The molecule has 214 valence electrons. The number of carboxylic acid groups (broad SMARTS) is 1. The Morgan fingerprint density at radius 1 is 0.951 bits per heavy atom. The van der Waals surface area contributed by atoms with Crippen LogP contribution >= 0.6 is 0 Å². The van der Waals surface area contributed by atoms with E-state index < -0.39 is 16.0 Å². The van der Waals surface area contributed by atoms with Gasteiger partial charge in [-0.2, -0.15) is 0 Å². The Bertz CT molecular complexity index is 1660. The van der Waals surface area contributed by atoms with Crippen LogP contribution in [0.4, 0.5) is 5.95 Å². The van der Waals surface area contributed by atoms with Crippen molar-refractivity contribution < 1.29 is 18.3 Å². The lowest BCUT2D eigenvalue weighted by Gasteiger charge is -2.22. The molecule has 4 rings (SSSR count). The first kappa shape index (κ1) is 29.9. The number of anilines is 1. The van der Waals surface area contributed by atoms with Crippen molar-refractivity contribution in [3.05, 3.63) is 106 Å². The molecule has 1 atom stereocenters. The fraction of sp³-hybridized carbons (Fsp3) is 0.281. The van der Waals surface area contributed by atoms with Gasteiger partial charge in [-0.3, -0.25) is 0 Å². The lowest BCUT2D eigenvalue weighted by molar-refractivity contribution is 0.0696. The predicted molar refractivity (Wildman–Crippen MR) is 162 cm³/mol. The highest BCUT2D eigenvalue weighted by atomic mass is 32.2. The molecule has 4 N–H and O–H groups in total. The van der Waals surface area contributed by atoms with Crippen molar-refractivity contribution in [3.63, 3.8) is 0 Å². The Morgan fingerprint density at radius 2 is 1.59 bits per heavy atom. The molecule has 0 spiro atoms. The molecule has 8 nitrogen and oxygen atoms in total. The number of nitrogens with zero attached hydrogens (tertiary/aromatic N) is 2. The average Bonchev–Trinajstić information content (AvgIpc) is 2.91. The molecule has 0 aliphatic heterocycles. The number of hydrogen-bond acceptors (Lipinski definition) is 6. The van der Waals surface area contributed by atoms with Crippen LogP contribution in [0.15, 0.2) is 77.7 Å². The fourth-order valence-electron chi connectivity index (χ4n) is 4.88. The van der Waals surface area contributed by atoms with Crippen molar-refractivity contribution in [1.29, 1.82) is 0 Å². The van der Waals surface area contributed by atoms with Gasteiger partial charge in [0.15, 0.2) is 0 Å². The van der Waals surface area contributed by atoms with E-state index in [2.05, 4.69) is 59.7 Å². The molecule has 0 bridgehead atoms. The Labute approximate surface area is 241 Å². The van der Waals surface area contributed by atoms with Crippen LogP contribution in [0.3, 0.4) is 0 Å². The SMILES string of the molecule is Cc1cccc(C)c1-c1cc(C(CCN)c2ccc(C(C)(C)C)cc2)nc(NS(=O)(=O)c2cccc(C(=O)O)c2)n1. The highest BCUT2D eigenvalue weighted by Crippen LogP contribution is 2.34. The molecular weight excluding hydrogens is 536 g/mol. The largest absolute Gasteiger partial charge is 0.478 e. The van der Waals surface area contributed by atoms with E-state index in [4.69, 9.17) is 5.73 Å². The Morgan fingerprint density at radius 3 is 2.17 bits per heavy atom. The molecule has 0 fully saturated rings. The maximum atomic E-state index is 13.4. The molecule has 0 aliphatic rings. The average molecular weight is 573 g/mol. The number of sulfonamides is 1. The minimum atomic E-state index is -4.19. The molecule has 0 aliphatic carbocycles. The molecule has 4 aromatic rings. The zero-order chi connectivity index (χ0) is 29.9. The Kier molecular flexibility index (Phi) is 8.60. The Hall–Kier alpha value is -4.08. The Balaban J connectivity index is 1.86. The van der Waals surface area contributed by atoms with E-state index in [1.807, 2.05) is 38.1 Å². The first-order valence-corrected chi connectivity index (χ1v) is 14.9. The maximum Gasteiger partial charge on any atom is 0.335 e. The second-order valence-electron chi connectivity index (χ2n) is 11.2. The lowest BCUT2D eigenvalue weighted by atomic mass is 9.84. The lowest BCUT2D eigenvalue weighted by Crippen LogP contribution is -2.18. The monoisotopic (exact) mass is 572 g/mol. The third kappa shape index (κ3) is 6.81. The van der Waals surface area contributed by atoms with Crippen LogP contribution in [-0.2, 0) is 15.4 Å². The van der Waals surface area contributed by atoms with Gasteiger partial charge in [0.2, 0.25) is 5.95 Å². The van der Waals surface area contributed by atoms with E-state index in [0.29, 0.717) is 24.4 Å². The highest BCUT2D eigenvalue weighted by Gasteiger charge is 2.23. The van der Waals surface area contributed by atoms with Gasteiger partial charge in [0.05, 0.1) is 21.8 Å². The molecule has 9 heteroatoms. The van der Waals surface area contributed by atoms with Crippen molar-refractivity contribution in [2.75, 3.05) is 11.3 Å². The zero-order valence-corrected chi connectivity index (χ0v) is 24.8. The molecule has 1 aromatic heterocycles. The molecule has 1 heterocycles. The van der Waals surface area contributed by atoms with Gasteiger partial charge in [0.1, 0.15) is 0 Å². The van der Waals surface area contributed by atoms with Crippen LogP contribution < -0.4 is 10.5 Å². The number of benzene rings is 3. The van der Waals surface area contributed by atoms with Crippen LogP contribution in [-0.4, -0.2) is 36.0 Å². The quantitative estimate of drug-likeness (QED) is 0.223. The van der Waals surface area contributed by atoms with Gasteiger partial charge in [-0.25, -0.2) is 27.9 Å². The number of hydrogen-bond donors (Lipinski definition) is 3. The fourth-order valence-corrected chi connectivity index (χ4v) is 5.87. The van der Waals surface area contributed by atoms with Crippen LogP contribution in [0, 0.1) is 13.8 Å². The standard InChI is InChI=1S/C32H36N4O4S/c1-20-8-6-9-21(2)29(20)28-19-27(26(16-17-33)22-12-14-24(15-13-22)32(3,4)5)34-31(35-28)36-41(39,40)25-11-7-10-23(18-25)30(37)38/h6-15,18-19,26H,16-17,33H2,1-5H3,(H,37,38)(H,34,35,36). The van der Waals surface area contributed by atoms with Crippen molar-refractivity contribution in [3.8, 4) is 11.3 Å². The van der Waals surface area contributed by atoms with E-state index >= 15 is 0 Å². The molecule has 41 heavy (non-hydrogen) atoms. The van der Waals surface area contributed by atoms with Gasteiger partial charge >= 0.3 is 5.97 Å². The molecule has 0 amide bonds. The molecule has 0 radical (unpaired) electrons. The number of aromatic carboxylic acids is 1. The van der Waals surface area contributed by atoms with Gasteiger partial charge in [-0.1, -0.05) is 69.3 Å². The van der Waals surface area contributed by atoms with E-state index in [-0.39, 0.29) is 27.7 Å². The molecule has 1 unspecified atom stereocenters. The van der Waals surface area contributed by atoms with Crippen LogP contribution in [0.1, 0.15) is 71.4 Å². The van der Waals surface area contributed by atoms with E-state index in [1.54, 1.807) is 0 Å². The predicted octanol–water partition coefficient (Wildman–Crippen LogP) is 6.04. The van der Waals surface area contributed by atoms with Crippen molar-refractivity contribution in [1.82, 2.24) is 9.97 Å². The van der Waals surface area contributed by atoms with Gasteiger partial charge in [-0.05, 0) is 78.7 Å². The topological polar surface area (TPSA) is 135 Å². The molecule has 0 saturated carbocycles. The first-order valence-electron chi connectivity index (χ1n) is 13.4. The summed E-state index contributed by atoms with van der Waals surface area (Å²) >= 11 is 0. The minimum absolute atomic E-state index is 0.00423. The summed E-state index contributed by atoms with van der Waals surface area (Å²) in [5.41, 5.74) is 12.2. The molecular formula is C32H36N4O4S. The summed E-state index contributed by atoms with van der Waals surface area (Å²) in [6.07, 6.45) is 0.588. The summed E-state index contributed by atoms with van der Waals surface area (Å²) in [5.74, 6) is -1.53. The van der Waals surface area contributed by atoms with Crippen LogP contribution in [0.5, 0.6) is 0 Å². The number of nitrogens with two attached hydrogens (primary N) is 1. The maximum absolute atomic E-state index is 13.4. The smallest absolute Gasteiger partial charge is 0.335 e. The number of aromatic nitrogens is 2. The summed E-state index contributed by atoms with van der Waals surface area (Å²) in [6.45, 7) is 10.8. The van der Waals surface area contributed by atoms with Crippen LogP contribution in [0.2, 0.25) is 0 Å². The number of nitrogens with one attached hydrogen (secondary N) is 1. The molecule has 3 aromatic carbocycles. The molecule has 0 saturated heterocycles. The summed E-state index contributed by atoms with van der Waals surface area (Å²) in [4.78, 5) is 20.6. The minimum Gasteiger partial charge on any atom is -0.478 e. The summed E-state index contributed by atoms with van der Waals surface area (Å²) in [6, 6.07) is 21.3.